The molecule has 26 heavy (non-hydrogen) atoms. The fraction of sp³-hybridized carbons (Fsp3) is 0.0526. The Balaban J connectivity index is 2.19. The largest absolute Gasteiger partial charge is 0.507 e. The Hall–Kier alpha value is -3.03. The summed E-state index contributed by atoms with van der Waals surface area (Å²) in [7, 11) is -4.55. The first-order valence-corrected chi connectivity index (χ1v) is 8.85. The number of benzene rings is 2. The Morgan fingerprint density at radius 1 is 1.00 bits per heavy atom. The van der Waals surface area contributed by atoms with E-state index < -0.39 is 10.4 Å². The average Bonchev–Trinajstić information content (AvgIpc) is 2.51. The van der Waals surface area contributed by atoms with Crippen molar-refractivity contribution in [2.24, 2.45) is 0 Å². The van der Waals surface area contributed by atoms with Gasteiger partial charge in [-0.15, -0.1) is 0 Å². The van der Waals surface area contributed by atoms with E-state index in [1.165, 1.54) is 24.3 Å². The van der Waals surface area contributed by atoms with Crippen molar-refractivity contribution in [1.29, 1.82) is 0 Å². The van der Waals surface area contributed by atoms with Gasteiger partial charge in [0, 0.05) is 0 Å². The summed E-state index contributed by atoms with van der Waals surface area (Å²) in [6, 6.07) is 8.94. The van der Waals surface area contributed by atoms with Crippen LogP contribution < -0.4 is 4.18 Å². The number of hydrogen-bond acceptors (Lipinski definition) is 5. The van der Waals surface area contributed by atoms with Crippen molar-refractivity contribution >= 4 is 28.6 Å². The maximum Gasteiger partial charge on any atom is 0.446 e. The molecule has 3 N–H and O–H groups in total. The SMILES string of the molecule is C=C(C)/C=C/c1c(O)cc(/C=C/c2ccc(OS(=O)(=O)O)cc2)cc1O. The molecule has 0 saturated heterocycles. The molecule has 2 aromatic rings. The molecule has 0 saturated carbocycles. The van der Waals surface area contributed by atoms with Crippen LogP contribution in [0.2, 0.25) is 0 Å². The second-order valence-electron chi connectivity index (χ2n) is 5.57. The third-order valence-corrected chi connectivity index (χ3v) is 3.65. The highest BCUT2D eigenvalue weighted by Gasteiger charge is 2.07. The predicted octanol–water partition coefficient (Wildman–Crippen LogP) is 4.04. The lowest BCUT2D eigenvalue weighted by atomic mass is 10.1. The molecule has 0 bridgehead atoms. The summed E-state index contributed by atoms with van der Waals surface area (Å²) in [5, 5.41) is 20.1. The van der Waals surface area contributed by atoms with Crippen molar-refractivity contribution < 1.29 is 27.4 Å². The first-order valence-electron chi connectivity index (χ1n) is 7.48. The van der Waals surface area contributed by atoms with Gasteiger partial charge in [0.15, 0.2) is 0 Å². The first kappa shape index (κ1) is 19.3. The number of aromatic hydroxyl groups is 2. The molecule has 0 amide bonds. The van der Waals surface area contributed by atoms with Gasteiger partial charge >= 0.3 is 10.4 Å². The summed E-state index contributed by atoms with van der Waals surface area (Å²) in [6.07, 6.45) is 6.63. The standard InChI is InChI=1S/C19H18O6S/c1-13(2)3-10-17-18(20)11-15(12-19(17)21)5-4-14-6-8-16(9-7-14)25-26(22,23)24/h3-12,20-21H,1H2,2H3,(H,22,23,24)/b5-4+,10-3+. The van der Waals surface area contributed by atoms with E-state index in [0.717, 1.165) is 11.1 Å². The van der Waals surface area contributed by atoms with Crippen molar-refractivity contribution in [3.63, 3.8) is 0 Å². The van der Waals surface area contributed by atoms with Crippen molar-refractivity contribution in [2.45, 2.75) is 6.92 Å². The molecule has 6 nitrogen and oxygen atoms in total. The summed E-state index contributed by atoms with van der Waals surface area (Å²) in [6.45, 7) is 5.52. The highest BCUT2D eigenvalue weighted by molar-refractivity contribution is 7.81. The van der Waals surface area contributed by atoms with Gasteiger partial charge in [-0.25, -0.2) is 0 Å². The Morgan fingerprint density at radius 2 is 1.54 bits per heavy atom. The van der Waals surface area contributed by atoms with E-state index in [1.807, 2.05) is 0 Å². The maximum absolute atomic E-state index is 10.6. The van der Waals surface area contributed by atoms with Crippen LogP contribution in [0.3, 0.4) is 0 Å². The number of rotatable bonds is 6. The average molecular weight is 374 g/mol. The van der Waals surface area contributed by atoms with E-state index in [9.17, 15) is 18.6 Å². The zero-order valence-corrected chi connectivity index (χ0v) is 14.8. The molecule has 0 aromatic heterocycles. The molecule has 0 spiro atoms. The second-order valence-corrected chi connectivity index (χ2v) is 6.59. The molecule has 0 fully saturated rings. The number of allylic oxidation sites excluding steroid dienone is 2. The Morgan fingerprint density at radius 3 is 2.04 bits per heavy atom. The van der Waals surface area contributed by atoms with Gasteiger partial charge in [0.1, 0.15) is 17.2 Å². The minimum atomic E-state index is -4.55. The van der Waals surface area contributed by atoms with Crippen LogP contribution in [-0.2, 0) is 10.4 Å². The van der Waals surface area contributed by atoms with Crippen LogP contribution in [0, 0.1) is 0 Å². The molecule has 7 heteroatoms. The van der Waals surface area contributed by atoms with Crippen molar-refractivity contribution in [3.8, 4) is 17.2 Å². The Kier molecular flexibility index (Phi) is 5.86. The monoisotopic (exact) mass is 374 g/mol. The van der Waals surface area contributed by atoms with Gasteiger partial charge in [0.05, 0.1) is 5.56 Å². The second kappa shape index (κ2) is 7.90. The molecular weight excluding hydrogens is 356 g/mol. The van der Waals surface area contributed by atoms with Crippen LogP contribution in [0.4, 0.5) is 0 Å². The van der Waals surface area contributed by atoms with Gasteiger partial charge < -0.3 is 14.4 Å². The van der Waals surface area contributed by atoms with Crippen LogP contribution in [0.1, 0.15) is 23.6 Å². The highest BCUT2D eigenvalue weighted by atomic mass is 32.3. The minimum absolute atomic E-state index is 0.0198. The number of phenolic OH excluding ortho intramolecular Hbond substituents is 2. The molecule has 0 atom stereocenters. The lowest BCUT2D eigenvalue weighted by Gasteiger charge is -2.05. The van der Waals surface area contributed by atoms with Crippen LogP contribution >= 0.6 is 0 Å². The van der Waals surface area contributed by atoms with E-state index in [-0.39, 0.29) is 17.2 Å². The lowest BCUT2D eigenvalue weighted by molar-refractivity contribution is 0.387. The molecule has 0 aliphatic rings. The van der Waals surface area contributed by atoms with Crippen molar-refractivity contribution in [1.82, 2.24) is 0 Å². The predicted molar refractivity (Wildman–Crippen MR) is 101 cm³/mol. The van der Waals surface area contributed by atoms with Crippen LogP contribution in [-0.4, -0.2) is 23.2 Å². The third kappa shape index (κ3) is 5.80. The van der Waals surface area contributed by atoms with E-state index >= 15 is 0 Å². The molecule has 0 unspecified atom stereocenters. The Bertz CT molecular complexity index is 947. The van der Waals surface area contributed by atoms with Crippen molar-refractivity contribution in [3.05, 3.63) is 71.3 Å². The quantitative estimate of drug-likeness (QED) is 0.400. The number of phenols is 2. The topological polar surface area (TPSA) is 104 Å². The fourth-order valence-electron chi connectivity index (χ4n) is 2.09. The zero-order chi connectivity index (χ0) is 19.3. The molecule has 0 radical (unpaired) electrons. The maximum atomic E-state index is 10.6. The van der Waals surface area contributed by atoms with E-state index in [0.29, 0.717) is 11.1 Å². The van der Waals surface area contributed by atoms with Crippen LogP contribution in [0.15, 0.2) is 54.6 Å². The summed E-state index contributed by atoms with van der Waals surface area (Å²) >= 11 is 0. The highest BCUT2D eigenvalue weighted by Crippen LogP contribution is 2.31. The molecule has 2 aromatic carbocycles. The van der Waals surface area contributed by atoms with E-state index in [2.05, 4.69) is 10.8 Å². The van der Waals surface area contributed by atoms with Crippen LogP contribution in [0.5, 0.6) is 17.2 Å². The van der Waals surface area contributed by atoms with Gasteiger partial charge in [0.25, 0.3) is 0 Å². The van der Waals surface area contributed by atoms with Gasteiger partial charge in [-0.2, -0.15) is 8.42 Å². The summed E-state index contributed by atoms with van der Waals surface area (Å²) in [4.78, 5) is 0. The molecular formula is C19H18O6S. The van der Waals surface area contributed by atoms with Gasteiger partial charge in [0.2, 0.25) is 0 Å². The molecule has 0 heterocycles. The summed E-state index contributed by atoms with van der Waals surface area (Å²) in [5.74, 6) is -0.160. The third-order valence-electron chi connectivity index (χ3n) is 3.24. The zero-order valence-electron chi connectivity index (χ0n) is 14.0. The number of hydrogen-bond donors (Lipinski definition) is 3. The normalized spacial score (nSPS) is 11.9. The summed E-state index contributed by atoms with van der Waals surface area (Å²) < 4.78 is 34.2. The van der Waals surface area contributed by atoms with Crippen molar-refractivity contribution in [2.75, 3.05) is 0 Å². The molecule has 0 aliphatic heterocycles. The lowest BCUT2D eigenvalue weighted by Crippen LogP contribution is -2.06. The minimum Gasteiger partial charge on any atom is -0.507 e. The molecule has 2 rings (SSSR count). The Labute approximate surface area is 152 Å². The van der Waals surface area contributed by atoms with E-state index in [4.69, 9.17) is 4.55 Å². The molecule has 0 aliphatic carbocycles. The fourth-order valence-corrected chi connectivity index (χ4v) is 2.44. The summed E-state index contributed by atoms with van der Waals surface area (Å²) in [5.41, 5.74) is 2.38. The van der Waals surface area contributed by atoms with Gasteiger partial charge in [-0.3, -0.25) is 4.55 Å². The first-order chi connectivity index (χ1) is 12.1. The smallest absolute Gasteiger partial charge is 0.446 e. The van der Waals surface area contributed by atoms with Gasteiger partial charge in [-0.1, -0.05) is 42.5 Å². The van der Waals surface area contributed by atoms with Crippen LogP contribution in [0.25, 0.3) is 18.2 Å². The molecule has 136 valence electrons. The van der Waals surface area contributed by atoms with E-state index in [1.54, 1.807) is 43.4 Å². The van der Waals surface area contributed by atoms with Gasteiger partial charge in [-0.05, 0) is 48.4 Å².